The topological polar surface area (TPSA) is 129 Å². The molecule has 5 rings (SSSR count). The highest BCUT2D eigenvalue weighted by atomic mass is 16.5. The van der Waals surface area contributed by atoms with Crippen molar-refractivity contribution in [1.29, 1.82) is 0 Å². The van der Waals surface area contributed by atoms with Crippen LogP contribution in [0, 0.1) is 5.92 Å². The van der Waals surface area contributed by atoms with Gasteiger partial charge in [0.15, 0.2) is 5.65 Å². The molecule has 0 aliphatic heterocycles. The SMILES string of the molecule is Cn1cc(Nc2nc(OC3CC(C=CCN)C3)c3c(-c4ccccn4)cn(CO)c3n2)cn1. The standard InChI is InChI=1S/C23H26N8O2/c1-30-12-16(11-26-30)27-23-28-21-20(18(13-31(21)14-32)19-6-2-3-8-25-19)22(29-23)33-17-9-15(10-17)5-4-7-24/h2-6,8,11-13,15,17,32H,7,9-10,14,24H2,1H3,(H,27,28,29). The first-order valence-corrected chi connectivity index (χ1v) is 10.9. The molecule has 170 valence electrons. The molecule has 0 unspecified atom stereocenters. The van der Waals surface area contributed by atoms with Gasteiger partial charge in [-0.15, -0.1) is 0 Å². The van der Waals surface area contributed by atoms with Crippen molar-refractivity contribution in [3.05, 3.63) is 55.1 Å². The van der Waals surface area contributed by atoms with Crippen LogP contribution in [-0.2, 0) is 13.8 Å². The minimum absolute atomic E-state index is 0.0378. The molecule has 4 aromatic rings. The van der Waals surface area contributed by atoms with Crippen LogP contribution in [-0.4, -0.2) is 47.1 Å². The van der Waals surface area contributed by atoms with Crippen molar-refractivity contribution in [2.45, 2.75) is 25.7 Å². The summed E-state index contributed by atoms with van der Waals surface area (Å²) in [6, 6.07) is 5.70. The normalized spacial score (nSPS) is 18.0. The Morgan fingerprint density at radius 2 is 2.15 bits per heavy atom. The third kappa shape index (κ3) is 4.30. The summed E-state index contributed by atoms with van der Waals surface area (Å²) in [5.41, 5.74) is 8.45. The van der Waals surface area contributed by atoms with Gasteiger partial charge in [-0.2, -0.15) is 15.1 Å². The summed E-state index contributed by atoms with van der Waals surface area (Å²) in [6.07, 6.45) is 13.0. The molecule has 4 heterocycles. The highest BCUT2D eigenvalue weighted by molar-refractivity contribution is 5.97. The van der Waals surface area contributed by atoms with E-state index in [2.05, 4.69) is 26.5 Å². The number of aliphatic hydroxyl groups excluding tert-OH is 1. The fraction of sp³-hybridized carbons (Fsp3) is 0.304. The van der Waals surface area contributed by atoms with E-state index in [0.717, 1.165) is 35.2 Å². The summed E-state index contributed by atoms with van der Waals surface area (Å²) in [5.74, 6) is 1.29. The smallest absolute Gasteiger partial charge is 0.232 e. The van der Waals surface area contributed by atoms with Crippen LogP contribution in [0.1, 0.15) is 12.8 Å². The second-order valence-corrected chi connectivity index (χ2v) is 8.08. The summed E-state index contributed by atoms with van der Waals surface area (Å²) >= 11 is 0. The number of allylic oxidation sites excluding steroid dienone is 1. The number of nitrogens with one attached hydrogen (secondary N) is 1. The Morgan fingerprint density at radius 1 is 1.27 bits per heavy atom. The van der Waals surface area contributed by atoms with E-state index in [-0.39, 0.29) is 12.8 Å². The van der Waals surface area contributed by atoms with Crippen LogP contribution in [0.3, 0.4) is 0 Å². The average molecular weight is 447 g/mol. The maximum Gasteiger partial charge on any atom is 0.232 e. The molecule has 0 spiro atoms. The maximum atomic E-state index is 10.0. The van der Waals surface area contributed by atoms with Crippen molar-refractivity contribution < 1.29 is 9.84 Å². The van der Waals surface area contributed by atoms with Crippen LogP contribution < -0.4 is 15.8 Å². The Labute approximate surface area is 190 Å². The number of rotatable bonds is 8. The Hall–Kier alpha value is -3.76. The average Bonchev–Trinajstić information content (AvgIpc) is 3.38. The lowest BCUT2D eigenvalue weighted by molar-refractivity contribution is 0.0833. The lowest BCUT2D eigenvalue weighted by Gasteiger charge is -2.33. The Kier molecular flexibility index (Phi) is 5.76. The molecule has 4 aromatic heterocycles. The zero-order valence-corrected chi connectivity index (χ0v) is 18.3. The fourth-order valence-electron chi connectivity index (χ4n) is 4.02. The van der Waals surface area contributed by atoms with Gasteiger partial charge in [0.05, 0.1) is 23.0 Å². The van der Waals surface area contributed by atoms with Crippen LogP contribution in [0.15, 0.2) is 55.1 Å². The molecule has 0 radical (unpaired) electrons. The molecule has 1 fully saturated rings. The zero-order chi connectivity index (χ0) is 22.8. The first kappa shape index (κ1) is 21.1. The first-order valence-electron chi connectivity index (χ1n) is 10.9. The van der Waals surface area contributed by atoms with Gasteiger partial charge < -0.3 is 25.5 Å². The maximum absolute atomic E-state index is 10.0. The number of aromatic nitrogens is 6. The van der Waals surface area contributed by atoms with Crippen molar-refractivity contribution in [2.75, 3.05) is 11.9 Å². The molecule has 0 bridgehead atoms. The molecule has 4 N–H and O–H groups in total. The third-order valence-electron chi connectivity index (χ3n) is 5.69. The van der Waals surface area contributed by atoms with Crippen molar-refractivity contribution in [1.82, 2.24) is 29.3 Å². The van der Waals surface area contributed by atoms with Crippen LogP contribution in [0.5, 0.6) is 5.88 Å². The molecule has 0 aromatic carbocycles. The van der Waals surface area contributed by atoms with Gasteiger partial charge in [0.25, 0.3) is 0 Å². The molecule has 0 saturated heterocycles. The monoisotopic (exact) mass is 446 g/mol. The number of fused-ring (bicyclic) bond motifs is 1. The van der Waals surface area contributed by atoms with Gasteiger partial charge in [0.2, 0.25) is 11.8 Å². The number of pyridine rings is 1. The second kappa shape index (κ2) is 9.00. The highest BCUT2D eigenvalue weighted by Gasteiger charge is 2.31. The van der Waals surface area contributed by atoms with Crippen LogP contribution >= 0.6 is 0 Å². The minimum atomic E-state index is -0.235. The van der Waals surface area contributed by atoms with Gasteiger partial charge >= 0.3 is 0 Å². The summed E-state index contributed by atoms with van der Waals surface area (Å²) in [5, 5.41) is 18.1. The molecule has 1 aliphatic rings. The molecular formula is C23H26N8O2. The van der Waals surface area contributed by atoms with Gasteiger partial charge in [-0.25, -0.2) is 0 Å². The van der Waals surface area contributed by atoms with Gasteiger partial charge in [-0.05, 0) is 30.9 Å². The largest absolute Gasteiger partial charge is 0.474 e. The fourth-order valence-corrected chi connectivity index (χ4v) is 4.02. The summed E-state index contributed by atoms with van der Waals surface area (Å²) < 4.78 is 9.73. The van der Waals surface area contributed by atoms with E-state index in [1.54, 1.807) is 21.6 Å². The van der Waals surface area contributed by atoms with Crippen LogP contribution in [0.4, 0.5) is 11.6 Å². The van der Waals surface area contributed by atoms with E-state index in [9.17, 15) is 5.11 Å². The predicted octanol–water partition coefficient (Wildman–Crippen LogP) is 2.59. The van der Waals surface area contributed by atoms with E-state index >= 15 is 0 Å². The van der Waals surface area contributed by atoms with E-state index in [1.807, 2.05) is 43.7 Å². The molecule has 33 heavy (non-hydrogen) atoms. The van der Waals surface area contributed by atoms with Crippen LogP contribution in [0.25, 0.3) is 22.3 Å². The van der Waals surface area contributed by atoms with Gasteiger partial charge in [0.1, 0.15) is 12.8 Å². The molecule has 0 amide bonds. The predicted molar refractivity (Wildman–Crippen MR) is 125 cm³/mol. The van der Waals surface area contributed by atoms with Crippen molar-refractivity contribution >= 4 is 22.7 Å². The quantitative estimate of drug-likeness (QED) is 0.352. The molecule has 1 saturated carbocycles. The van der Waals surface area contributed by atoms with Gasteiger partial charge in [-0.3, -0.25) is 9.67 Å². The molecule has 0 atom stereocenters. The molecular weight excluding hydrogens is 420 g/mol. The first-order chi connectivity index (χ1) is 16.1. The van der Waals surface area contributed by atoms with E-state index < -0.39 is 0 Å². The van der Waals surface area contributed by atoms with Crippen molar-refractivity contribution in [2.24, 2.45) is 18.7 Å². The number of aliphatic hydroxyl groups is 1. The number of hydrogen-bond acceptors (Lipinski definition) is 8. The van der Waals surface area contributed by atoms with E-state index in [0.29, 0.717) is 29.9 Å². The van der Waals surface area contributed by atoms with E-state index in [4.69, 9.17) is 15.5 Å². The van der Waals surface area contributed by atoms with Crippen molar-refractivity contribution in [3.8, 4) is 17.1 Å². The molecule has 10 heteroatoms. The minimum Gasteiger partial charge on any atom is -0.474 e. The number of nitrogens with two attached hydrogens (primary N) is 1. The highest BCUT2D eigenvalue weighted by Crippen LogP contribution is 2.39. The summed E-state index contributed by atoms with van der Waals surface area (Å²) in [4.78, 5) is 13.9. The summed E-state index contributed by atoms with van der Waals surface area (Å²) in [6.45, 7) is 0.307. The molecule has 1 aliphatic carbocycles. The Bertz CT molecular complexity index is 1270. The number of ether oxygens (including phenoxy) is 1. The number of aryl methyl sites for hydroxylation is 1. The third-order valence-corrected chi connectivity index (χ3v) is 5.69. The van der Waals surface area contributed by atoms with Gasteiger partial charge in [0, 0.05) is 37.7 Å². The number of nitrogens with zero attached hydrogens (tertiary/aromatic N) is 6. The number of hydrogen-bond donors (Lipinski definition) is 3. The second-order valence-electron chi connectivity index (χ2n) is 8.08. The molecule has 10 nitrogen and oxygen atoms in total. The Morgan fingerprint density at radius 3 is 2.85 bits per heavy atom. The Balaban J connectivity index is 1.56. The summed E-state index contributed by atoms with van der Waals surface area (Å²) in [7, 11) is 1.84. The lowest BCUT2D eigenvalue weighted by atomic mass is 9.82. The lowest BCUT2D eigenvalue weighted by Crippen LogP contribution is -2.33. The number of anilines is 2. The van der Waals surface area contributed by atoms with E-state index in [1.165, 1.54) is 0 Å². The van der Waals surface area contributed by atoms with Crippen molar-refractivity contribution in [3.63, 3.8) is 0 Å². The zero-order valence-electron chi connectivity index (χ0n) is 18.3. The van der Waals surface area contributed by atoms with Crippen LogP contribution in [0.2, 0.25) is 0 Å². The van der Waals surface area contributed by atoms with Gasteiger partial charge in [-0.1, -0.05) is 18.2 Å².